The van der Waals surface area contributed by atoms with Gasteiger partial charge < -0.3 is 14.6 Å². The van der Waals surface area contributed by atoms with Crippen molar-refractivity contribution in [3.05, 3.63) is 12.7 Å². The second-order valence-corrected chi connectivity index (χ2v) is 12.5. The van der Waals surface area contributed by atoms with Crippen molar-refractivity contribution in [1.29, 1.82) is 0 Å². The van der Waals surface area contributed by atoms with Gasteiger partial charge in [-0.25, -0.2) is 0 Å². The van der Waals surface area contributed by atoms with Crippen LogP contribution in [0.15, 0.2) is 12.7 Å². The lowest BCUT2D eigenvalue weighted by Crippen LogP contribution is -2.52. The van der Waals surface area contributed by atoms with Gasteiger partial charge in [-0.15, -0.1) is 6.58 Å². The van der Waals surface area contributed by atoms with Crippen LogP contribution in [0.2, 0.25) is 16.6 Å². The molecule has 0 saturated heterocycles. The van der Waals surface area contributed by atoms with E-state index in [1.807, 2.05) is 6.08 Å². The molecule has 0 aliphatic heterocycles. The predicted octanol–water partition coefficient (Wildman–Crippen LogP) is 4.11. The summed E-state index contributed by atoms with van der Waals surface area (Å²) in [6.45, 7) is 18.9. The van der Waals surface area contributed by atoms with E-state index in [4.69, 9.17) is 4.43 Å². The number of hydrogen-bond acceptors (Lipinski definition) is 3. The van der Waals surface area contributed by atoms with Crippen LogP contribution in [-0.2, 0) is 4.43 Å². The van der Waals surface area contributed by atoms with Crippen LogP contribution in [0.3, 0.4) is 0 Å². The molecule has 3 atom stereocenters. The highest BCUT2D eigenvalue weighted by molar-refractivity contribution is 6.77. The first kappa shape index (κ1) is 20.8. The molecule has 126 valence electrons. The molecule has 0 aromatic rings. The minimum Gasteiger partial charge on any atom is -0.412 e. The van der Waals surface area contributed by atoms with E-state index in [0.717, 1.165) is 0 Å². The molecule has 0 spiro atoms. The lowest BCUT2D eigenvalue weighted by Gasteiger charge is -2.46. The quantitative estimate of drug-likeness (QED) is 0.471. The van der Waals surface area contributed by atoms with Crippen LogP contribution in [-0.4, -0.2) is 37.3 Å². The Morgan fingerprint density at radius 1 is 1.00 bits per heavy atom. The Morgan fingerprint density at radius 3 is 1.67 bits per heavy atom. The summed E-state index contributed by atoms with van der Waals surface area (Å²) >= 11 is 0. The number of hydrogen-bond donors (Lipinski definition) is 2. The lowest BCUT2D eigenvalue weighted by atomic mass is 9.96. The van der Waals surface area contributed by atoms with E-state index in [2.05, 4.69) is 48.1 Å². The molecule has 0 aromatic carbocycles. The van der Waals surface area contributed by atoms with Gasteiger partial charge in [0.05, 0.1) is 18.8 Å². The van der Waals surface area contributed by atoms with Crippen LogP contribution in [0.4, 0.5) is 0 Å². The average molecular weight is 317 g/mol. The fraction of sp³-hybridized carbons (Fsp3) is 0.882. The fourth-order valence-electron chi connectivity index (χ4n) is 3.73. The highest BCUT2D eigenvalue weighted by Gasteiger charge is 2.47. The molecule has 4 heteroatoms. The van der Waals surface area contributed by atoms with E-state index >= 15 is 0 Å². The van der Waals surface area contributed by atoms with Gasteiger partial charge in [-0.05, 0) is 30.0 Å². The van der Waals surface area contributed by atoms with Gasteiger partial charge in [0.25, 0.3) is 0 Å². The Morgan fingerprint density at radius 2 is 1.43 bits per heavy atom. The Bertz CT molecular complexity index is 279. The van der Waals surface area contributed by atoms with E-state index in [1.54, 1.807) is 6.92 Å². The summed E-state index contributed by atoms with van der Waals surface area (Å²) < 4.78 is 6.72. The molecule has 0 aliphatic carbocycles. The van der Waals surface area contributed by atoms with E-state index in [9.17, 15) is 10.2 Å². The Balaban J connectivity index is 5.55. The smallest absolute Gasteiger partial charge is 0.200 e. The summed E-state index contributed by atoms with van der Waals surface area (Å²) in [7, 11) is -2.02. The van der Waals surface area contributed by atoms with Gasteiger partial charge >= 0.3 is 0 Å². The zero-order valence-electron chi connectivity index (χ0n) is 15.0. The van der Waals surface area contributed by atoms with Crippen molar-refractivity contribution in [2.45, 2.75) is 83.7 Å². The van der Waals surface area contributed by atoms with Crippen molar-refractivity contribution >= 4 is 8.32 Å². The van der Waals surface area contributed by atoms with Crippen LogP contribution in [0.5, 0.6) is 0 Å². The van der Waals surface area contributed by atoms with Crippen LogP contribution < -0.4 is 0 Å². The summed E-state index contributed by atoms with van der Waals surface area (Å²) in [5.41, 5.74) is 1.45. The molecule has 0 heterocycles. The van der Waals surface area contributed by atoms with Gasteiger partial charge in [0.15, 0.2) is 0 Å². The summed E-state index contributed by atoms with van der Waals surface area (Å²) in [4.78, 5) is 0. The second-order valence-electron chi connectivity index (χ2n) is 7.09. The topological polar surface area (TPSA) is 49.7 Å². The minimum atomic E-state index is -2.02. The largest absolute Gasteiger partial charge is 0.412 e. The van der Waals surface area contributed by atoms with Crippen molar-refractivity contribution in [2.24, 2.45) is 5.92 Å². The van der Waals surface area contributed by atoms with Crippen molar-refractivity contribution in [3.8, 4) is 0 Å². The third-order valence-electron chi connectivity index (χ3n) is 4.77. The van der Waals surface area contributed by atoms with Gasteiger partial charge in [0.1, 0.15) is 0 Å². The molecule has 0 saturated carbocycles. The number of aliphatic hydroxyl groups excluding tert-OH is 2. The summed E-state index contributed by atoms with van der Waals surface area (Å²) in [5, 5.41) is 19.6. The second kappa shape index (κ2) is 9.08. The molecule has 3 nitrogen and oxygen atoms in total. The summed E-state index contributed by atoms with van der Waals surface area (Å²) in [6.07, 6.45) is 1.75. The fourth-order valence-corrected chi connectivity index (χ4v) is 9.34. The van der Waals surface area contributed by atoms with Gasteiger partial charge in [-0.3, -0.25) is 0 Å². The standard InChI is InChI=1S/C17H36O3Si/c1-9-10-17(16(11-18)15(8)19)20-21(12(2)3,13(4)5)14(6)7/h9,12-19H,1,10-11H2,2-8H3/t15-,16-,17-/m0/s1. The molecule has 2 N–H and O–H groups in total. The van der Waals surface area contributed by atoms with E-state index in [1.165, 1.54) is 0 Å². The zero-order chi connectivity index (χ0) is 16.8. The highest BCUT2D eigenvalue weighted by atomic mass is 28.4. The Hall–Kier alpha value is -0.163. The molecule has 0 unspecified atom stereocenters. The SMILES string of the molecule is C=CC[C@H](O[Si](C(C)C)(C(C)C)C(C)C)[C@@H](CO)[C@H](C)O. The molecule has 21 heavy (non-hydrogen) atoms. The molecule has 0 aromatic heterocycles. The van der Waals surface area contributed by atoms with Crippen molar-refractivity contribution in [3.63, 3.8) is 0 Å². The summed E-state index contributed by atoms with van der Waals surface area (Å²) in [6, 6.07) is 0. The first-order chi connectivity index (χ1) is 9.64. The monoisotopic (exact) mass is 316 g/mol. The molecular weight excluding hydrogens is 280 g/mol. The van der Waals surface area contributed by atoms with Gasteiger partial charge in [-0.2, -0.15) is 0 Å². The normalized spacial score (nSPS) is 17.3. The lowest BCUT2D eigenvalue weighted by molar-refractivity contribution is -0.00241. The molecular formula is C17H36O3Si. The minimum absolute atomic E-state index is 0.0606. The van der Waals surface area contributed by atoms with Gasteiger partial charge in [0.2, 0.25) is 8.32 Å². The predicted molar refractivity (Wildman–Crippen MR) is 93.0 cm³/mol. The van der Waals surface area contributed by atoms with Crippen LogP contribution in [0, 0.1) is 5.92 Å². The maximum Gasteiger partial charge on any atom is 0.200 e. The van der Waals surface area contributed by atoms with Crippen molar-refractivity contribution < 1.29 is 14.6 Å². The Kier molecular flexibility index (Phi) is 9.01. The highest BCUT2D eigenvalue weighted by Crippen LogP contribution is 2.44. The molecule has 0 amide bonds. The van der Waals surface area contributed by atoms with E-state index in [0.29, 0.717) is 23.0 Å². The van der Waals surface area contributed by atoms with Gasteiger partial charge in [-0.1, -0.05) is 47.6 Å². The first-order valence-electron chi connectivity index (χ1n) is 8.22. The number of aliphatic hydroxyl groups is 2. The molecule has 0 rings (SSSR count). The Labute approximate surface area is 132 Å². The van der Waals surface area contributed by atoms with E-state index < -0.39 is 14.4 Å². The van der Waals surface area contributed by atoms with Crippen LogP contribution in [0.1, 0.15) is 54.9 Å². The first-order valence-corrected chi connectivity index (χ1v) is 10.4. The van der Waals surface area contributed by atoms with E-state index in [-0.39, 0.29) is 18.6 Å². The van der Waals surface area contributed by atoms with Crippen molar-refractivity contribution in [1.82, 2.24) is 0 Å². The molecule has 0 fully saturated rings. The molecule has 0 radical (unpaired) electrons. The molecule has 0 aliphatic rings. The molecule has 0 bridgehead atoms. The summed E-state index contributed by atoms with van der Waals surface area (Å²) in [5.74, 6) is -0.258. The third kappa shape index (κ3) is 4.91. The zero-order valence-corrected chi connectivity index (χ0v) is 16.0. The average Bonchev–Trinajstić information content (AvgIpc) is 2.34. The van der Waals surface area contributed by atoms with Crippen LogP contribution in [0.25, 0.3) is 0 Å². The number of rotatable bonds is 10. The maximum absolute atomic E-state index is 9.96. The van der Waals surface area contributed by atoms with Crippen molar-refractivity contribution in [2.75, 3.05) is 6.61 Å². The van der Waals surface area contributed by atoms with Gasteiger partial charge in [0, 0.05) is 5.92 Å². The van der Waals surface area contributed by atoms with Crippen LogP contribution >= 0.6 is 0 Å². The third-order valence-corrected chi connectivity index (χ3v) is 10.9. The maximum atomic E-state index is 9.96.